The zero-order chi connectivity index (χ0) is 16.8. The Labute approximate surface area is 146 Å². The Morgan fingerprint density at radius 2 is 2.12 bits per heavy atom. The molecule has 24 heavy (non-hydrogen) atoms. The van der Waals surface area contributed by atoms with Gasteiger partial charge in [0.15, 0.2) is 0 Å². The molecule has 4 heteroatoms. The first-order valence-electron chi connectivity index (χ1n) is 9.50. The van der Waals surface area contributed by atoms with Gasteiger partial charge in [0.05, 0.1) is 0 Å². The van der Waals surface area contributed by atoms with E-state index in [-0.39, 0.29) is 5.91 Å². The van der Waals surface area contributed by atoms with Gasteiger partial charge < -0.3 is 15.1 Å². The van der Waals surface area contributed by atoms with Crippen LogP contribution in [-0.4, -0.2) is 50.6 Å². The normalized spacial score (nSPS) is 21.4. The lowest BCUT2D eigenvalue weighted by Crippen LogP contribution is -2.38. The fraction of sp³-hybridized carbons (Fsp3) is 0.650. The highest BCUT2D eigenvalue weighted by molar-refractivity contribution is 5.75. The van der Waals surface area contributed by atoms with E-state index in [0.717, 1.165) is 32.6 Å². The van der Waals surface area contributed by atoms with E-state index in [1.165, 1.54) is 43.5 Å². The third kappa shape index (κ3) is 4.73. The van der Waals surface area contributed by atoms with E-state index in [9.17, 15) is 4.79 Å². The Bertz CT molecular complexity index is 545. The van der Waals surface area contributed by atoms with Gasteiger partial charge in [0.25, 0.3) is 0 Å². The summed E-state index contributed by atoms with van der Waals surface area (Å²) in [5, 5.41) is 3.12. The zero-order valence-electron chi connectivity index (χ0n) is 15.0. The van der Waals surface area contributed by atoms with Crippen LogP contribution < -0.4 is 10.2 Å². The number of likely N-dealkylation sites (tertiary alicyclic amines) is 1. The second-order valence-corrected chi connectivity index (χ2v) is 7.38. The van der Waals surface area contributed by atoms with Gasteiger partial charge in [-0.15, -0.1) is 0 Å². The van der Waals surface area contributed by atoms with Crippen LogP contribution in [0.1, 0.15) is 37.7 Å². The molecule has 0 bridgehead atoms. The molecule has 1 saturated heterocycles. The van der Waals surface area contributed by atoms with Gasteiger partial charge in [-0.3, -0.25) is 4.79 Å². The van der Waals surface area contributed by atoms with Crippen molar-refractivity contribution in [2.24, 2.45) is 5.92 Å². The van der Waals surface area contributed by atoms with Crippen molar-refractivity contribution in [3.63, 3.8) is 0 Å². The van der Waals surface area contributed by atoms with E-state index in [4.69, 9.17) is 0 Å². The molecule has 0 spiro atoms. The summed E-state index contributed by atoms with van der Waals surface area (Å²) < 4.78 is 0. The highest BCUT2D eigenvalue weighted by atomic mass is 16.1. The number of amides is 1. The number of carbonyl (C=O) groups is 1. The number of rotatable bonds is 6. The summed E-state index contributed by atoms with van der Waals surface area (Å²) in [4.78, 5) is 16.9. The van der Waals surface area contributed by atoms with Gasteiger partial charge in [-0.05, 0) is 63.2 Å². The first-order valence-corrected chi connectivity index (χ1v) is 9.50. The van der Waals surface area contributed by atoms with Gasteiger partial charge in [-0.1, -0.05) is 18.2 Å². The van der Waals surface area contributed by atoms with Gasteiger partial charge in [0.1, 0.15) is 0 Å². The SMILES string of the molecule is CN1CCC[C@H](CCC(=O)NCCN2CCCc3ccccc32)C1. The summed E-state index contributed by atoms with van der Waals surface area (Å²) in [6.07, 6.45) is 6.65. The van der Waals surface area contributed by atoms with Crippen molar-refractivity contribution in [1.82, 2.24) is 10.2 Å². The number of aryl methyl sites for hydroxylation is 1. The molecule has 132 valence electrons. The minimum atomic E-state index is 0.216. The largest absolute Gasteiger partial charge is 0.370 e. The number of benzene rings is 1. The molecule has 3 rings (SSSR count). The van der Waals surface area contributed by atoms with Crippen LogP contribution in [0.5, 0.6) is 0 Å². The Morgan fingerprint density at radius 1 is 1.25 bits per heavy atom. The van der Waals surface area contributed by atoms with Crippen LogP contribution in [0, 0.1) is 5.92 Å². The zero-order valence-corrected chi connectivity index (χ0v) is 15.0. The van der Waals surface area contributed by atoms with Crippen molar-refractivity contribution in [3.8, 4) is 0 Å². The lowest BCUT2D eigenvalue weighted by Gasteiger charge is -2.31. The van der Waals surface area contributed by atoms with Crippen molar-refractivity contribution in [3.05, 3.63) is 29.8 Å². The topological polar surface area (TPSA) is 35.6 Å². The number of fused-ring (bicyclic) bond motifs is 1. The Hall–Kier alpha value is -1.55. The number of nitrogens with zero attached hydrogens (tertiary/aromatic N) is 2. The van der Waals surface area contributed by atoms with Crippen molar-refractivity contribution < 1.29 is 4.79 Å². The molecule has 0 aliphatic carbocycles. The Balaban J connectivity index is 1.37. The first kappa shape index (κ1) is 17.3. The third-order valence-electron chi connectivity index (χ3n) is 5.41. The molecule has 1 fully saturated rings. The summed E-state index contributed by atoms with van der Waals surface area (Å²) in [6, 6.07) is 8.65. The number of nitrogens with one attached hydrogen (secondary N) is 1. The third-order valence-corrected chi connectivity index (χ3v) is 5.41. The van der Waals surface area contributed by atoms with E-state index in [0.29, 0.717) is 12.3 Å². The number of hydrogen-bond acceptors (Lipinski definition) is 3. The number of para-hydroxylation sites is 1. The molecule has 1 amide bonds. The predicted octanol–water partition coefficient (Wildman–Crippen LogP) is 2.68. The monoisotopic (exact) mass is 329 g/mol. The van der Waals surface area contributed by atoms with E-state index < -0.39 is 0 Å². The standard InChI is InChI=1S/C20H31N3O/c1-22-13-4-6-17(16-22)10-11-20(24)21-12-15-23-14-5-8-18-7-2-3-9-19(18)23/h2-3,7,9,17H,4-6,8,10-16H2,1H3,(H,21,24)/t17-/m1/s1. The van der Waals surface area contributed by atoms with Crippen molar-refractivity contribution >= 4 is 11.6 Å². The lowest BCUT2D eigenvalue weighted by atomic mass is 9.93. The molecule has 1 atom stereocenters. The van der Waals surface area contributed by atoms with Gasteiger partial charge in [0.2, 0.25) is 5.91 Å². The summed E-state index contributed by atoms with van der Waals surface area (Å²) in [5.41, 5.74) is 2.79. The van der Waals surface area contributed by atoms with Crippen LogP contribution in [0.4, 0.5) is 5.69 Å². The molecular weight excluding hydrogens is 298 g/mol. The predicted molar refractivity (Wildman–Crippen MR) is 99.4 cm³/mol. The summed E-state index contributed by atoms with van der Waals surface area (Å²) in [5.74, 6) is 0.914. The van der Waals surface area contributed by atoms with Crippen LogP contribution in [0.3, 0.4) is 0 Å². The average molecular weight is 329 g/mol. The molecule has 0 saturated carbocycles. The molecular formula is C20H31N3O. The highest BCUT2D eigenvalue weighted by Gasteiger charge is 2.18. The van der Waals surface area contributed by atoms with Crippen LogP contribution in [0.25, 0.3) is 0 Å². The maximum Gasteiger partial charge on any atom is 0.220 e. The fourth-order valence-electron chi connectivity index (χ4n) is 4.11. The van der Waals surface area contributed by atoms with E-state index in [1.54, 1.807) is 0 Å². The van der Waals surface area contributed by atoms with Gasteiger partial charge in [0, 0.05) is 38.3 Å². The van der Waals surface area contributed by atoms with Crippen LogP contribution in [-0.2, 0) is 11.2 Å². The number of hydrogen-bond donors (Lipinski definition) is 1. The molecule has 1 aromatic carbocycles. The second-order valence-electron chi connectivity index (χ2n) is 7.38. The molecule has 2 aliphatic rings. The Kier molecular flexibility index (Phi) is 6.13. The minimum Gasteiger partial charge on any atom is -0.370 e. The molecule has 1 N–H and O–H groups in total. The fourth-order valence-corrected chi connectivity index (χ4v) is 4.11. The first-order chi connectivity index (χ1) is 11.7. The summed E-state index contributed by atoms with van der Waals surface area (Å²) in [7, 11) is 2.18. The maximum absolute atomic E-state index is 12.1. The summed E-state index contributed by atoms with van der Waals surface area (Å²) >= 11 is 0. The maximum atomic E-state index is 12.1. The molecule has 0 unspecified atom stereocenters. The lowest BCUT2D eigenvalue weighted by molar-refractivity contribution is -0.121. The van der Waals surface area contributed by atoms with E-state index in [1.807, 2.05) is 0 Å². The minimum absolute atomic E-state index is 0.216. The van der Waals surface area contributed by atoms with Gasteiger partial charge in [-0.2, -0.15) is 0 Å². The average Bonchev–Trinajstić information content (AvgIpc) is 2.60. The summed E-state index contributed by atoms with van der Waals surface area (Å²) in [6.45, 7) is 5.12. The van der Waals surface area contributed by atoms with Crippen molar-refractivity contribution in [2.45, 2.75) is 38.5 Å². The quantitative estimate of drug-likeness (QED) is 0.871. The highest BCUT2D eigenvalue weighted by Crippen LogP contribution is 2.26. The number of anilines is 1. The van der Waals surface area contributed by atoms with Gasteiger partial charge >= 0.3 is 0 Å². The molecule has 2 heterocycles. The van der Waals surface area contributed by atoms with E-state index >= 15 is 0 Å². The molecule has 1 aromatic rings. The van der Waals surface area contributed by atoms with E-state index in [2.05, 4.69) is 46.4 Å². The number of piperidine rings is 1. The number of carbonyl (C=O) groups excluding carboxylic acids is 1. The second kappa shape index (κ2) is 8.52. The van der Waals surface area contributed by atoms with Crippen LogP contribution >= 0.6 is 0 Å². The molecule has 4 nitrogen and oxygen atoms in total. The van der Waals surface area contributed by atoms with Gasteiger partial charge in [-0.25, -0.2) is 0 Å². The van der Waals surface area contributed by atoms with Crippen LogP contribution in [0.2, 0.25) is 0 Å². The van der Waals surface area contributed by atoms with Crippen molar-refractivity contribution in [1.29, 1.82) is 0 Å². The Morgan fingerprint density at radius 3 is 3.00 bits per heavy atom. The smallest absolute Gasteiger partial charge is 0.220 e. The molecule has 0 radical (unpaired) electrons. The van der Waals surface area contributed by atoms with Crippen LogP contribution in [0.15, 0.2) is 24.3 Å². The molecule has 2 aliphatic heterocycles. The van der Waals surface area contributed by atoms with Crippen molar-refractivity contribution in [2.75, 3.05) is 44.7 Å². The molecule has 0 aromatic heterocycles.